The van der Waals surface area contributed by atoms with Gasteiger partial charge >= 0.3 is 6.03 Å². The van der Waals surface area contributed by atoms with Crippen molar-refractivity contribution in [3.05, 3.63) is 53.1 Å². The van der Waals surface area contributed by atoms with E-state index in [1.807, 2.05) is 12.1 Å². The Hall–Kier alpha value is -2.47. The molecule has 5 nitrogen and oxygen atoms in total. The highest BCUT2D eigenvalue weighted by Crippen LogP contribution is 2.28. The third-order valence-corrected chi connectivity index (χ3v) is 6.12. The third kappa shape index (κ3) is 4.76. The molecule has 1 atom stereocenters. The molecular weight excluding hydrogens is 361 g/mol. The number of nitrogens with one attached hydrogen (secondary N) is 2. The first-order valence-electron chi connectivity index (χ1n) is 10.8. The molecule has 3 N–H and O–H groups in total. The maximum Gasteiger partial charge on any atom is 0.319 e. The van der Waals surface area contributed by atoms with Crippen LogP contribution in [-0.4, -0.2) is 38.2 Å². The van der Waals surface area contributed by atoms with Crippen molar-refractivity contribution in [3.63, 3.8) is 0 Å². The molecule has 0 spiro atoms. The number of rotatable bonds is 4. The fraction of sp³-hybridized carbons (Fsp3) is 0.435. The Morgan fingerprint density at radius 2 is 2.00 bits per heavy atom. The zero-order valence-corrected chi connectivity index (χ0v) is 17.2. The standard InChI is InChI=1S/C23H30BN3O2/c24-20-13-16(7-10-22(20)27-11-2-1-3-12-27)15-25-23(29)26-21-6-4-5-17-8-9-18(28)14-19(17)21/h4-7,10,13,18,28H,1-3,8-9,11-12,14-15,24H2,(H2,25,26,29). The highest BCUT2D eigenvalue weighted by atomic mass is 16.3. The number of aryl methyl sites for hydroxylation is 1. The number of hydrogen-bond acceptors (Lipinski definition) is 3. The van der Waals surface area contributed by atoms with Crippen LogP contribution in [0.25, 0.3) is 0 Å². The van der Waals surface area contributed by atoms with Crippen molar-refractivity contribution < 1.29 is 9.90 Å². The molecule has 1 aliphatic heterocycles. The van der Waals surface area contributed by atoms with Gasteiger partial charge < -0.3 is 20.6 Å². The first kappa shape index (κ1) is 19.8. The molecule has 1 unspecified atom stereocenters. The van der Waals surface area contributed by atoms with Crippen molar-refractivity contribution in [1.82, 2.24) is 5.32 Å². The lowest BCUT2D eigenvalue weighted by Crippen LogP contribution is -2.33. The van der Waals surface area contributed by atoms with E-state index in [0.717, 1.165) is 42.7 Å². The Bertz CT molecular complexity index is 880. The van der Waals surface area contributed by atoms with E-state index in [2.05, 4.69) is 47.6 Å². The molecule has 4 rings (SSSR count). The second-order valence-corrected chi connectivity index (χ2v) is 8.32. The number of benzene rings is 2. The van der Waals surface area contributed by atoms with Crippen molar-refractivity contribution in [2.24, 2.45) is 0 Å². The van der Waals surface area contributed by atoms with Gasteiger partial charge in [0.1, 0.15) is 7.85 Å². The summed E-state index contributed by atoms with van der Waals surface area (Å²) in [4.78, 5) is 14.9. The first-order valence-corrected chi connectivity index (χ1v) is 10.8. The van der Waals surface area contributed by atoms with E-state index in [-0.39, 0.29) is 12.1 Å². The highest BCUT2D eigenvalue weighted by molar-refractivity contribution is 6.36. The lowest BCUT2D eigenvalue weighted by atomic mass is 9.88. The first-order chi connectivity index (χ1) is 14.1. The lowest BCUT2D eigenvalue weighted by molar-refractivity contribution is 0.159. The minimum Gasteiger partial charge on any atom is -0.393 e. The summed E-state index contributed by atoms with van der Waals surface area (Å²) in [7, 11) is 2.15. The normalized spacial score (nSPS) is 18.8. The predicted octanol–water partition coefficient (Wildman–Crippen LogP) is 2.11. The van der Waals surface area contributed by atoms with Crippen molar-refractivity contribution in [1.29, 1.82) is 0 Å². The van der Waals surface area contributed by atoms with Gasteiger partial charge in [-0.05, 0) is 60.9 Å². The number of anilines is 2. The largest absolute Gasteiger partial charge is 0.393 e. The lowest BCUT2D eigenvalue weighted by Gasteiger charge is -2.30. The van der Waals surface area contributed by atoms with E-state index < -0.39 is 0 Å². The maximum absolute atomic E-state index is 12.5. The Balaban J connectivity index is 1.36. The summed E-state index contributed by atoms with van der Waals surface area (Å²) >= 11 is 0. The molecule has 1 fully saturated rings. The summed E-state index contributed by atoms with van der Waals surface area (Å²) in [6.07, 6.45) is 5.78. The molecule has 2 aromatic carbocycles. The summed E-state index contributed by atoms with van der Waals surface area (Å²) < 4.78 is 0. The van der Waals surface area contributed by atoms with Gasteiger partial charge in [0.25, 0.3) is 0 Å². The van der Waals surface area contributed by atoms with E-state index in [1.54, 1.807) is 0 Å². The Morgan fingerprint density at radius 3 is 2.79 bits per heavy atom. The molecular formula is C23H30BN3O2. The Morgan fingerprint density at radius 1 is 1.17 bits per heavy atom. The summed E-state index contributed by atoms with van der Waals surface area (Å²) in [5.41, 5.74) is 6.75. The van der Waals surface area contributed by atoms with E-state index in [4.69, 9.17) is 0 Å². The average molecular weight is 391 g/mol. The summed E-state index contributed by atoms with van der Waals surface area (Å²) in [5.74, 6) is 0. The monoisotopic (exact) mass is 391 g/mol. The number of nitrogens with zero attached hydrogens (tertiary/aromatic N) is 1. The minimum atomic E-state index is -0.324. The van der Waals surface area contributed by atoms with Gasteiger partial charge in [0.15, 0.2) is 0 Å². The summed E-state index contributed by atoms with van der Waals surface area (Å²) in [5, 5.41) is 15.9. The molecule has 6 heteroatoms. The van der Waals surface area contributed by atoms with Crippen LogP contribution in [0.15, 0.2) is 36.4 Å². The number of piperidine rings is 1. The Kier molecular flexibility index (Phi) is 6.09. The van der Waals surface area contributed by atoms with Crippen LogP contribution < -0.4 is 21.0 Å². The van der Waals surface area contributed by atoms with Crippen LogP contribution in [0.5, 0.6) is 0 Å². The van der Waals surface area contributed by atoms with Crippen LogP contribution >= 0.6 is 0 Å². The van der Waals surface area contributed by atoms with Gasteiger partial charge in [-0.2, -0.15) is 0 Å². The van der Waals surface area contributed by atoms with Gasteiger partial charge in [0, 0.05) is 37.4 Å². The molecule has 1 heterocycles. The van der Waals surface area contributed by atoms with Crippen LogP contribution in [0.4, 0.5) is 16.2 Å². The zero-order chi connectivity index (χ0) is 20.2. The second kappa shape index (κ2) is 8.91. The molecule has 2 amide bonds. The molecule has 0 saturated carbocycles. The van der Waals surface area contributed by atoms with Crippen molar-refractivity contribution in [2.45, 2.75) is 51.2 Å². The topological polar surface area (TPSA) is 64.6 Å². The average Bonchev–Trinajstić information content (AvgIpc) is 2.73. The van der Waals surface area contributed by atoms with Gasteiger partial charge in [-0.1, -0.05) is 29.7 Å². The predicted molar refractivity (Wildman–Crippen MR) is 121 cm³/mol. The van der Waals surface area contributed by atoms with Gasteiger partial charge in [-0.3, -0.25) is 0 Å². The number of hydrogen-bond donors (Lipinski definition) is 3. The fourth-order valence-corrected chi connectivity index (χ4v) is 4.55. The quantitative estimate of drug-likeness (QED) is 0.700. The van der Waals surface area contributed by atoms with Gasteiger partial charge in [0.05, 0.1) is 6.10 Å². The number of amides is 2. The van der Waals surface area contributed by atoms with Crippen LogP contribution in [0.3, 0.4) is 0 Å². The molecule has 0 aromatic heterocycles. The van der Waals surface area contributed by atoms with Crippen molar-refractivity contribution >= 4 is 30.7 Å². The van der Waals surface area contributed by atoms with Crippen LogP contribution in [0.1, 0.15) is 42.4 Å². The number of aliphatic hydroxyl groups excluding tert-OH is 1. The smallest absolute Gasteiger partial charge is 0.319 e. The van der Waals surface area contributed by atoms with Gasteiger partial charge in [-0.15, -0.1) is 0 Å². The molecule has 2 aromatic rings. The molecule has 0 bridgehead atoms. The van der Waals surface area contributed by atoms with E-state index in [0.29, 0.717) is 13.0 Å². The third-order valence-electron chi connectivity index (χ3n) is 6.12. The van der Waals surface area contributed by atoms with Crippen molar-refractivity contribution in [2.75, 3.05) is 23.3 Å². The van der Waals surface area contributed by atoms with Crippen molar-refractivity contribution in [3.8, 4) is 0 Å². The van der Waals surface area contributed by atoms with E-state index in [1.165, 1.54) is 36.0 Å². The second-order valence-electron chi connectivity index (χ2n) is 8.32. The highest BCUT2D eigenvalue weighted by Gasteiger charge is 2.20. The van der Waals surface area contributed by atoms with Gasteiger partial charge in [-0.25, -0.2) is 4.79 Å². The minimum absolute atomic E-state index is 0.212. The number of urea groups is 1. The molecule has 0 radical (unpaired) electrons. The van der Waals surface area contributed by atoms with Crippen LogP contribution in [0.2, 0.25) is 0 Å². The SMILES string of the molecule is Bc1cc(CNC(=O)Nc2cccc3c2CC(O)CC3)ccc1N1CCCCC1. The molecule has 152 valence electrons. The maximum atomic E-state index is 12.5. The molecule has 29 heavy (non-hydrogen) atoms. The zero-order valence-electron chi connectivity index (χ0n) is 17.2. The number of aliphatic hydroxyl groups is 1. The Labute approximate surface area is 173 Å². The van der Waals surface area contributed by atoms with E-state index in [9.17, 15) is 9.90 Å². The van der Waals surface area contributed by atoms with Crippen LogP contribution in [0, 0.1) is 0 Å². The van der Waals surface area contributed by atoms with Crippen LogP contribution in [-0.2, 0) is 19.4 Å². The fourth-order valence-electron chi connectivity index (χ4n) is 4.55. The molecule has 2 aliphatic rings. The number of carbonyl (C=O) groups excluding carboxylic acids is 1. The summed E-state index contributed by atoms with van der Waals surface area (Å²) in [6, 6.07) is 12.2. The summed E-state index contributed by atoms with van der Waals surface area (Å²) in [6.45, 7) is 2.76. The van der Waals surface area contributed by atoms with Gasteiger partial charge in [0.2, 0.25) is 0 Å². The molecule has 1 saturated heterocycles. The molecule has 1 aliphatic carbocycles. The number of carbonyl (C=O) groups is 1. The van der Waals surface area contributed by atoms with E-state index >= 15 is 0 Å². The number of fused-ring (bicyclic) bond motifs is 1.